The maximum Gasteiger partial charge on any atom is 0.437 e. The van der Waals surface area contributed by atoms with Crippen LogP contribution in [0.3, 0.4) is 0 Å². The number of oxime groups is 1. The minimum absolute atomic E-state index is 0.0125. The van der Waals surface area contributed by atoms with E-state index in [-0.39, 0.29) is 11.7 Å². The van der Waals surface area contributed by atoms with E-state index in [0.717, 1.165) is 0 Å². The molecular weight excluding hydrogens is 218 g/mol. The number of nitrogens with one attached hydrogen (secondary N) is 1. The summed E-state index contributed by atoms with van der Waals surface area (Å²) in [5, 5.41) is 5.74. The van der Waals surface area contributed by atoms with Crippen molar-refractivity contribution in [1.29, 1.82) is 0 Å². The van der Waals surface area contributed by atoms with E-state index >= 15 is 0 Å². The molecule has 80 valence electrons. The molecule has 0 heterocycles. The summed E-state index contributed by atoms with van der Waals surface area (Å²) in [4.78, 5) is 15.5. The number of para-hydroxylation sites is 1. The van der Waals surface area contributed by atoms with Gasteiger partial charge in [-0.3, -0.25) is 10.2 Å². The summed E-state index contributed by atoms with van der Waals surface area (Å²) in [7, 11) is 0. The Labute approximate surface area is 91.8 Å². The SMILES string of the molecule is NC(CCl)=NOC(=O)Nc1ccccc1. The molecule has 0 saturated carbocycles. The number of carbonyl (C=O) groups excluding carboxylic acids is 1. The first-order valence-corrected chi connectivity index (χ1v) is 4.67. The van der Waals surface area contributed by atoms with Gasteiger partial charge >= 0.3 is 6.09 Å². The number of hydrogen-bond acceptors (Lipinski definition) is 3. The highest BCUT2D eigenvalue weighted by molar-refractivity contribution is 6.27. The van der Waals surface area contributed by atoms with Crippen molar-refractivity contribution >= 4 is 29.2 Å². The molecule has 0 saturated heterocycles. The van der Waals surface area contributed by atoms with Gasteiger partial charge in [0.05, 0.1) is 5.88 Å². The molecule has 15 heavy (non-hydrogen) atoms. The molecule has 0 aliphatic rings. The van der Waals surface area contributed by atoms with E-state index in [4.69, 9.17) is 17.3 Å². The number of nitrogens with zero attached hydrogens (tertiary/aromatic N) is 1. The van der Waals surface area contributed by atoms with Crippen LogP contribution in [-0.4, -0.2) is 17.8 Å². The zero-order valence-corrected chi connectivity index (χ0v) is 8.57. The van der Waals surface area contributed by atoms with Gasteiger partial charge in [-0.25, -0.2) is 4.79 Å². The number of amides is 1. The average molecular weight is 228 g/mol. The van der Waals surface area contributed by atoms with Crippen LogP contribution in [0.4, 0.5) is 10.5 Å². The van der Waals surface area contributed by atoms with E-state index in [0.29, 0.717) is 5.69 Å². The first-order chi connectivity index (χ1) is 7.22. The lowest BCUT2D eigenvalue weighted by atomic mass is 10.3. The molecule has 0 aromatic heterocycles. The topological polar surface area (TPSA) is 76.7 Å². The molecule has 0 radical (unpaired) electrons. The maximum atomic E-state index is 11.1. The summed E-state index contributed by atoms with van der Waals surface area (Å²) in [6, 6.07) is 8.84. The molecule has 3 N–H and O–H groups in total. The Morgan fingerprint density at radius 1 is 1.47 bits per heavy atom. The second-order valence-electron chi connectivity index (χ2n) is 2.59. The van der Waals surface area contributed by atoms with Crippen molar-refractivity contribution in [1.82, 2.24) is 0 Å². The number of hydrogen-bond donors (Lipinski definition) is 2. The summed E-state index contributed by atoms with van der Waals surface area (Å²) >= 11 is 5.33. The zero-order valence-electron chi connectivity index (χ0n) is 7.81. The number of anilines is 1. The molecule has 0 aliphatic heterocycles. The van der Waals surface area contributed by atoms with Crippen molar-refractivity contribution in [2.75, 3.05) is 11.2 Å². The molecule has 0 bridgehead atoms. The normalized spacial score (nSPS) is 10.9. The smallest absolute Gasteiger partial charge is 0.383 e. The molecular formula is C9H10ClN3O2. The predicted molar refractivity (Wildman–Crippen MR) is 58.9 cm³/mol. The van der Waals surface area contributed by atoms with Crippen molar-refractivity contribution in [2.24, 2.45) is 10.9 Å². The van der Waals surface area contributed by atoms with E-state index in [1.807, 2.05) is 6.07 Å². The maximum absolute atomic E-state index is 11.1. The summed E-state index contributed by atoms with van der Waals surface area (Å²) in [6.07, 6.45) is -0.714. The van der Waals surface area contributed by atoms with Crippen LogP contribution in [0.5, 0.6) is 0 Å². The van der Waals surface area contributed by atoms with Gasteiger partial charge in [-0.05, 0) is 12.1 Å². The van der Waals surface area contributed by atoms with Gasteiger partial charge in [-0.2, -0.15) is 0 Å². The molecule has 0 spiro atoms. The molecule has 1 aromatic rings. The van der Waals surface area contributed by atoms with Crippen LogP contribution >= 0.6 is 11.6 Å². The van der Waals surface area contributed by atoms with Gasteiger partial charge in [-0.15, -0.1) is 11.6 Å². The quantitative estimate of drug-likeness (QED) is 0.272. The van der Waals surface area contributed by atoms with Crippen molar-refractivity contribution in [3.8, 4) is 0 Å². The molecule has 0 fully saturated rings. The number of halogens is 1. The van der Waals surface area contributed by atoms with Crippen LogP contribution < -0.4 is 11.1 Å². The molecule has 0 aliphatic carbocycles. The van der Waals surface area contributed by atoms with Gasteiger partial charge in [-0.1, -0.05) is 23.4 Å². The first kappa shape index (κ1) is 11.3. The zero-order chi connectivity index (χ0) is 11.1. The number of amidine groups is 1. The Kier molecular flexibility index (Phi) is 4.43. The third-order valence-electron chi connectivity index (χ3n) is 1.40. The highest BCUT2D eigenvalue weighted by Crippen LogP contribution is 2.05. The largest absolute Gasteiger partial charge is 0.437 e. The summed E-state index contributed by atoms with van der Waals surface area (Å²) < 4.78 is 0. The number of rotatable bonds is 3. The van der Waals surface area contributed by atoms with Crippen molar-refractivity contribution in [2.45, 2.75) is 0 Å². The van der Waals surface area contributed by atoms with Crippen molar-refractivity contribution < 1.29 is 9.63 Å². The van der Waals surface area contributed by atoms with Gasteiger partial charge in [0.15, 0.2) is 5.84 Å². The van der Waals surface area contributed by atoms with Gasteiger partial charge < -0.3 is 5.73 Å². The second-order valence-corrected chi connectivity index (χ2v) is 2.85. The van der Waals surface area contributed by atoms with E-state index in [1.54, 1.807) is 24.3 Å². The average Bonchev–Trinajstić information content (AvgIpc) is 2.27. The van der Waals surface area contributed by atoms with Crippen LogP contribution in [-0.2, 0) is 4.84 Å². The Hall–Kier alpha value is -1.75. The van der Waals surface area contributed by atoms with E-state index in [2.05, 4.69) is 15.3 Å². The van der Waals surface area contributed by atoms with Gasteiger partial charge in [0.25, 0.3) is 0 Å². The summed E-state index contributed by atoms with van der Waals surface area (Å²) in [6.45, 7) is 0. The van der Waals surface area contributed by atoms with Gasteiger partial charge in [0, 0.05) is 5.69 Å². The molecule has 1 rings (SSSR count). The highest BCUT2D eigenvalue weighted by atomic mass is 35.5. The fourth-order valence-electron chi connectivity index (χ4n) is 0.787. The van der Waals surface area contributed by atoms with E-state index in [1.165, 1.54) is 0 Å². The lowest BCUT2D eigenvalue weighted by Gasteiger charge is -2.01. The predicted octanol–water partition coefficient (Wildman–Crippen LogP) is 1.75. The Bertz CT molecular complexity index is 354. The second kappa shape index (κ2) is 5.87. The molecule has 1 aromatic carbocycles. The molecule has 1 amide bonds. The van der Waals surface area contributed by atoms with Gasteiger partial charge in [0.1, 0.15) is 0 Å². The van der Waals surface area contributed by atoms with Crippen molar-refractivity contribution in [3.05, 3.63) is 30.3 Å². The first-order valence-electron chi connectivity index (χ1n) is 4.13. The fourth-order valence-corrected chi connectivity index (χ4v) is 0.835. The number of alkyl halides is 1. The number of benzene rings is 1. The molecule has 0 unspecified atom stereocenters. The summed E-state index contributed by atoms with van der Waals surface area (Å²) in [5.74, 6) is 0.0541. The Morgan fingerprint density at radius 2 is 2.13 bits per heavy atom. The lowest BCUT2D eigenvalue weighted by molar-refractivity contribution is 0.166. The van der Waals surface area contributed by atoms with Crippen LogP contribution in [0.2, 0.25) is 0 Å². The third kappa shape index (κ3) is 4.33. The highest BCUT2D eigenvalue weighted by Gasteiger charge is 2.01. The van der Waals surface area contributed by atoms with Crippen LogP contribution in [0.1, 0.15) is 0 Å². The van der Waals surface area contributed by atoms with Crippen LogP contribution in [0.15, 0.2) is 35.5 Å². The fraction of sp³-hybridized carbons (Fsp3) is 0.111. The van der Waals surface area contributed by atoms with E-state index in [9.17, 15) is 4.79 Å². The molecule has 0 atom stereocenters. The number of carbonyl (C=O) groups is 1. The molecule has 5 nitrogen and oxygen atoms in total. The van der Waals surface area contributed by atoms with E-state index < -0.39 is 6.09 Å². The van der Waals surface area contributed by atoms with Crippen LogP contribution in [0, 0.1) is 0 Å². The number of nitrogens with two attached hydrogens (primary N) is 1. The van der Waals surface area contributed by atoms with Crippen molar-refractivity contribution in [3.63, 3.8) is 0 Å². The van der Waals surface area contributed by atoms with Gasteiger partial charge in [0.2, 0.25) is 0 Å². The minimum atomic E-state index is -0.714. The third-order valence-corrected chi connectivity index (χ3v) is 1.68. The lowest BCUT2D eigenvalue weighted by Crippen LogP contribution is -2.17. The summed E-state index contributed by atoms with van der Waals surface area (Å²) in [5.41, 5.74) is 5.84. The standard InChI is InChI=1S/C9H10ClN3O2/c10-6-8(11)13-15-9(14)12-7-4-2-1-3-5-7/h1-5H,6H2,(H2,11,13)(H,12,14). The molecule has 6 heteroatoms. The minimum Gasteiger partial charge on any atom is -0.383 e. The van der Waals surface area contributed by atoms with Crippen LogP contribution in [0.25, 0.3) is 0 Å². The Balaban J connectivity index is 2.44. The Morgan fingerprint density at radius 3 is 2.73 bits per heavy atom. The monoisotopic (exact) mass is 227 g/mol.